The second-order valence-corrected chi connectivity index (χ2v) is 10.3. The third-order valence-electron chi connectivity index (χ3n) is 2.77. The molecule has 0 bridgehead atoms. The highest BCUT2D eigenvalue weighted by Gasteiger charge is 2.16. The number of pyridine rings is 1. The molecule has 0 aliphatic heterocycles. The summed E-state index contributed by atoms with van der Waals surface area (Å²) in [4.78, 5) is 4.35. The predicted octanol–water partition coefficient (Wildman–Crippen LogP) is 3.43. The number of hydrogen-bond acceptors (Lipinski definition) is 1. The molecule has 0 saturated carbocycles. The van der Waals surface area contributed by atoms with Crippen LogP contribution >= 0.6 is 0 Å². The van der Waals surface area contributed by atoms with Crippen LogP contribution in [0.25, 0.3) is 11.3 Å². The van der Waals surface area contributed by atoms with E-state index in [0.717, 1.165) is 11.3 Å². The van der Waals surface area contributed by atoms with Gasteiger partial charge in [0.15, 0.2) is 0 Å². The Hall–Kier alpha value is -1.48. The first kappa shape index (κ1) is 12.0. The van der Waals surface area contributed by atoms with Crippen molar-refractivity contribution >= 4 is 13.3 Å². The molecule has 1 nitrogen and oxygen atoms in total. The zero-order valence-corrected chi connectivity index (χ0v) is 11.4. The van der Waals surface area contributed by atoms with E-state index < -0.39 is 8.07 Å². The first-order valence-corrected chi connectivity index (χ1v) is 9.19. The fourth-order valence-electron chi connectivity index (χ4n) is 1.68. The summed E-state index contributed by atoms with van der Waals surface area (Å²) < 4.78 is 12.9. The van der Waals surface area contributed by atoms with E-state index in [1.807, 2.05) is 6.20 Å². The maximum absolute atomic E-state index is 12.9. The van der Waals surface area contributed by atoms with Crippen LogP contribution < -0.4 is 5.19 Å². The Kier molecular flexibility index (Phi) is 3.11. The lowest BCUT2D eigenvalue weighted by Crippen LogP contribution is -2.37. The third-order valence-corrected chi connectivity index (χ3v) is 4.81. The third kappa shape index (κ3) is 2.80. The van der Waals surface area contributed by atoms with Gasteiger partial charge < -0.3 is 0 Å². The summed E-state index contributed by atoms with van der Waals surface area (Å²) in [5.41, 5.74) is 1.89. The molecule has 0 aliphatic rings. The van der Waals surface area contributed by atoms with Gasteiger partial charge >= 0.3 is 0 Å². The normalized spacial score (nSPS) is 11.5. The molecule has 0 aliphatic carbocycles. The Balaban J connectivity index is 2.43. The molecule has 0 amide bonds. The standard InChI is InChI=1S/C14H16FNSi/c1-17(2,3)13-8-9-16-14(10-13)11-4-6-12(15)7-5-11/h4-10H,1-3H3. The van der Waals surface area contributed by atoms with Gasteiger partial charge in [-0.1, -0.05) is 24.8 Å². The summed E-state index contributed by atoms with van der Waals surface area (Å²) in [6, 6.07) is 10.7. The van der Waals surface area contributed by atoms with Gasteiger partial charge in [-0.15, -0.1) is 0 Å². The van der Waals surface area contributed by atoms with Crippen LogP contribution in [0.3, 0.4) is 0 Å². The number of halogens is 1. The molecule has 0 unspecified atom stereocenters. The van der Waals surface area contributed by atoms with Crippen LogP contribution in [0.1, 0.15) is 0 Å². The molecule has 88 valence electrons. The maximum Gasteiger partial charge on any atom is 0.123 e. The first-order chi connectivity index (χ1) is 7.97. The van der Waals surface area contributed by atoms with Crippen LogP contribution in [0.5, 0.6) is 0 Å². The highest BCUT2D eigenvalue weighted by molar-refractivity contribution is 6.88. The number of hydrogen-bond donors (Lipinski definition) is 0. The number of rotatable bonds is 2. The Morgan fingerprint density at radius 3 is 2.24 bits per heavy atom. The van der Waals surface area contributed by atoms with Crippen molar-refractivity contribution in [2.75, 3.05) is 0 Å². The van der Waals surface area contributed by atoms with Gasteiger partial charge in [0.1, 0.15) is 5.82 Å². The van der Waals surface area contributed by atoms with Gasteiger partial charge in [-0.05, 0) is 36.4 Å². The maximum atomic E-state index is 12.9. The SMILES string of the molecule is C[Si](C)(C)c1ccnc(-c2ccc(F)cc2)c1. The van der Waals surface area contributed by atoms with Gasteiger partial charge in [0.05, 0.1) is 13.8 Å². The zero-order valence-electron chi connectivity index (χ0n) is 10.4. The van der Waals surface area contributed by atoms with Crippen LogP contribution in [0.4, 0.5) is 4.39 Å². The zero-order chi connectivity index (χ0) is 12.5. The quantitative estimate of drug-likeness (QED) is 0.739. The molecule has 17 heavy (non-hydrogen) atoms. The molecule has 0 N–H and O–H groups in total. The summed E-state index contributed by atoms with van der Waals surface area (Å²) in [6.45, 7) is 6.91. The van der Waals surface area contributed by atoms with Gasteiger partial charge in [-0.3, -0.25) is 4.98 Å². The fraction of sp³-hybridized carbons (Fsp3) is 0.214. The predicted molar refractivity (Wildman–Crippen MR) is 72.6 cm³/mol. The van der Waals surface area contributed by atoms with Crippen molar-refractivity contribution in [1.29, 1.82) is 0 Å². The number of aromatic nitrogens is 1. The van der Waals surface area contributed by atoms with Gasteiger partial charge in [-0.25, -0.2) is 4.39 Å². The molecule has 0 radical (unpaired) electrons. The van der Waals surface area contributed by atoms with Gasteiger partial charge in [0.25, 0.3) is 0 Å². The van der Waals surface area contributed by atoms with E-state index in [1.54, 1.807) is 12.1 Å². The van der Waals surface area contributed by atoms with Gasteiger partial charge in [0.2, 0.25) is 0 Å². The van der Waals surface area contributed by atoms with Crippen molar-refractivity contribution in [3.05, 3.63) is 48.4 Å². The molecule has 0 spiro atoms. The lowest BCUT2D eigenvalue weighted by molar-refractivity contribution is 0.628. The van der Waals surface area contributed by atoms with Crippen LogP contribution in [-0.4, -0.2) is 13.1 Å². The van der Waals surface area contributed by atoms with E-state index in [1.165, 1.54) is 17.3 Å². The summed E-state index contributed by atoms with van der Waals surface area (Å²) in [6.07, 6.45) is 1.84. The molecule has 0 atom stereocenters. The van der Waals surface area contributed by atoms with Crippen molar-refractivity contribution < 1.29 is 4.39 Å². The molecule has 2 aromatic rings. The van der Waals surface area contributed by atoms with Crippen LogP contribution in [0.2, 0.25) is 19.6 Å². The highest BCUT2D eigenvalue weighted by Crippen LogP contribution is 2.17. The lowest BCUT2D eigenvalue weighted by Gasteiger charge is -2.17. The minimum atomic E-state index is -1.32. The van der Waals surface area contributed by atoms with E-state index in [9.17, 15) is 4.39 Å². The fourth-order valence-corrected chi connectivity index (χ4v) is 2.82. The largest absolute Gasteiger partial charge is 0.256 e. The average Bonchev–Trinajstić information content (AvgIpc) is 2.29. The van der Waals surface area contributed by atoms with Crippen molar-refractivity contribution in [3.63, 3.8) is 0 Å². The highest BCUT2D eigenvalue weighted by atomic mass is 28.3. The average molecular weight is 245 g/mol. The Morgan fingerprint density at radius 1 is 1.00 bits per heavy atom. The van der Waals surface area contributed by atoms with Crippen LogP contribution in [0.15, 0.2) is 42.6 Å². The second kappa shape index (κ2) is 4.41. The smallest absolute Gasteiger partial charge is 0.123 e. The summed E-state index contributed by atoms with van der Waals surface area (Å²) in [7, 11) is -1.32. The molecule has 1 aromatic carbocycles. The number of benzene rings is 1. The minimum absolute atomic E-state index is 0.213. The van der Waals surface area contributed by atoms with Crippen molar-refractivity contribution in [2.45, 2.75) is 19.6 Å². The van der Waals surface area contributed by atoms with Crippen LogP contribution in [0, 0.1) is 5.82 Å². The van der Waals surface area contributed by atoms with E-state index in [2.05, 4.69) is 36.8 Å². The molecule has 1 aromatic heterocycles. The molecule has 1 heterocycles. The molecule has 2 rings (SSSR count). The van der Waals surface area contributed by atoms with Gasteiger partial charge in [-0.2, -0.15) is 0 Å². The summed E-state index contributed by atoms with van der Waals surface area (Å²) >= 11 is 0. The van der Waals surface area contributed by atoms with Crippen LogP contribution in [-0.2, 0) is 0 Å². The number of nitrogens with zero attached hydrogens (tertiary/aromatic N) is 1. The van der Waals surface area contributed by atoms with Crippen molar-refractivity contribution in [1.82, 2.24) is 4.98 Å². The molecule has 0 saturated heterocycles. The Labute approximate surface area is 102 Å². The monoisotopic (exact) mass is 245 g/mol. The lowest BCUT2D eigenvalue weighted by atomic mass is 10.1. The van der Waals surface area contributed by atoms with E-state index in [0.29, 0.717) is 0 Å². The molecular formula is C14H16FNSi. The van der Waals surface area contributed by atoms with E-state index in [-0.39, 0.29) is 5.82 Å². The Bertz CT molecular complexity index is 514. The van der Waals surface area contributed by atoms with Crippen molar-refractivity contribution in [2.24, 2.45) is 0 Å². The minimum Gasteiger partial charge on any atom is -0.256 e. The first-order valence-electron chi connectivity index (χ1n) is 5.69. The Morgan fingerprint density at radius 2 is 1.65 bits per heavy atom. The molecule has 3 heteroatoms. The van der Waals surface area contributed by atoms with E-state index >= 15 is 0 Å². The summed E-state index contributed by atoms with van der Waals surface area (Å²) in [5.74, 6) is -0.213. The summed E-state index contributed by atoms with van der Waals surface area (Å²) in [5, 5.41) is 1.37. The van der Waals surface area contributed by atoms with Crippen molar-refractivity contribution in [3.8, 4) is 11.3 Å². The van der Waals surface area contributed by atoms with Gasteiger partial charge in [0, 0.05) is 11.8 Å². The second-order valence-electron chi connectivity index (χ2n) is 5.19. The topological polar surface area (TPSA) is 12.9 Å². The molecular weight excluding hydrogens is 229 g/mol. The van der Waals surface area contributed by atoms with E-state index in [4.69, 9.17) is 0 Å². The molecule has 0 fully saturated rings.